The third kappa shape index (κ3) is 3.54. The van der Waals surface area contributed by atoms with Crippen LogP contribution in [0.2, 0.25) is 0 Å². The van der Waals surface area contributed by atoms with Crippen LogP contribution in [0, 0.1) is 6.92 Å². The summed E-state index contributed by atoms with van der Waals surface area (Å²) in [4.78, 5) is 11.7. The van der Waals surface area contributed by atoms with Crippen molar-refractivity contribution in [1.29, 1.82) is 0 Å². The van der Waals surface area contributed by atoms with Crippen LogP contribution in [0.4, 0.5) is 5.82 Å². The van der Waals surface area contributed by atoms with Gasteiger partial charge in [0.15, 0.2) is 5.82 Å². The molecule has 1 aromatic rings. The third-order valence-electron chi connectivity index (χ3n) is 3.17. The summed E-state index contributed by atoms with van der Waals surface area (Å²) in [5, 5.41) is 13.1. The highest BCUT2D eigenvalue weighted by Crippen LogP contribution is 2.13. The first kappa shape index (κ1) is 13.0. The molecular weight excluding hydrogens is 232 g/mol. The number of amides is 1. The first-order valence-electron chi connectivity index (χ1n) is 6.26. The molecule has 1 aromatic heterocycles. The SMILES string of the molecule is Cc1cc(NC(=O)CCNC2(C)CCNC2)no1. The van der Waals surface area contributed by atoms with Crippen LogP contribution in [0.3, 0.4) is 0 Å². The lowest BCUT2D eigenvalue weighted by Crippen LogP contribution is -2.45. The van der Waals surface area contributed by atoms with Crippen LogP contribution in [0.25, 0.3) is 0 Å². The summed E-state index contributed by atoms with van der Waals surface area (Å²) < 4.78 is 4.88. The smallest absolute Gasteiger partial charge is 0.226 e. The second-order valence-corrected chi connectivity index (χ2v) is 5.04. The Bertz CT molecular complexity index is 410. The first-order chi connectivity index (χ1) is 8.57. The van der Waals surface area contributed by atoms with Crippen LogP contribution in [-0.4, -0.2) is 36.2 Å². The summed E-state index contributed by atoms with van der Waals surface area (Å²) in [5.74, 6) is 1.12. The molecule has 0 radical (unpaired) electrons. The Hall–Kier alpha value is -1.40. The fraction of sp³-hybridized carbons (Fsp3) is 0.667. The first-order valence-corrected chi connectivity index (χ1v) is 6.26. The molecule has 18 heavy (non-hydrogen) atoms. The number of hydrogen-bond donors (Lipinski definition) is 3. The van der Waals surface area contributed by atoms with Gasteiger partial charge >= 0.3 is 0 Å². The maximum atomic E-state index is 11.7. The van der Waals surface area contributed by atoms with Crippen LogP contribution >= 0.6 is 0 Å². The predicted octanol–water partition coefficient (Wildman–Crippen LogP) is 0.653. The Labute approximate surface area is 106 Å². The van der Waals surface area contributed by atoms with Gasteiger partial charge < -0.3 is 20.5 Å². The van der Waals surface area contributed by atoms with Crippen molar-refractivity contribution >= 4 is 11.7 Å². The average Bonchev–Trinajstić information content (AvgIpc) is 2.88. The van der Waals surface area contributed by atoms with E-state index in [2.05, 4.69) is 28.0 Å². The van der Waals surface area contributed by atoms with Gasteiger partial charge in [0.25, 0.3) is 0 Å². The van der Waals surface area contributed by atoms with Gasteiger partial charge in [0.1, 0.15) is 5.76 Å². The molecule has 0 aliphatic carbocycles. The highest BCUT2D eigenvalue weighted by molar-refractivity contribution is 5.89. The monoisotopic (exact) mass is 252 g/mol. The summed E-state index contributed by atoms with van der Waals surface area (Å²) in [5.41, 5.74) is 0.116. The van der Waals surface area contributed by atoms with E-state index in [0.29, 0.717) is 24.5 Å². The molecule has 0 aromatic carbocycles. The lowest BCUT2D eigenvalue weighted by atomic mass is 10.0. The Morgan fingerprint density at radius 2 is 2.50 bits per heavy atom. The molecule has 2 rings (SSSR count). The highest BCUT2D eigenvalue weighted by Gasteiger charge is 2.27. The minimum absolute atomic E-state index is 0.0506. The fourth-order valence-electron chi connectivity index (χ4n) is 2.08. The lowest BCUT2D eigenvalue weighted by Gasteiger charge is -2.24. The average molecular weight is 252 g/mol. The van der Waals surface area contributed by atoms with E-state index in [-0.39, 0.29) is 11.4 Å². The van der Waals surface area contributed by atoms with E-state index < -0.39 is 0 Å². The van der Waals surface area contributed by atoms with Crippen LogP contribution < -0.4 is 16.0 Å². The Morgan fingerprint density at radius 1 is 1.67 bits per heavy atom. The number of nitrogens with zero attached hydrogens (tertiary/aromatic N) is 1. The Kier molecular flexibility index (Phi) is 3.98. The predicted molar refractivity (Wildman–Crippen MR) is 68.4 cm³/mol. The molecule has 0 saturated carbocycles. The number of aromatic nitrogens is 1. The molecule has 1 aliphatic heterocycles. The number of carbonyl (C=O) groups is 1. The normalized spacial score (nSPS) is 23.2. The van der Waals surface area contributed by atoms with Crippen molar-refractivity contribution in [3.8, 4) is 0 Å². The topological polar surface area (TPSA) is 79.2 Å². The zero-order chi connectivity index (χ0) is 13.0. The number of anilines is 1. The minimum Gasteiger partial charge on any atom is -0.360 e. The number of rotatable bonds is 5. The van der Waals surface area contributed by atoms with E-state index in [9.17, 15) is 4.79 Å². The number of nitrogens with one attached hydrogen (secondary N) is 3. The van der Waals surface area contributed by atoms with Crippen molar-refractivity contribution in [2.45, 2.75) is 32.2 Å². The van der Waals surface area contributed by atoms with E-state index in [1.807, 2.05) is 0 Å². The van der Waals surface area contributed by atoms with Crippen LogP contribution in [0.15, 0.2) is 10.6 Å². The van der Waals surface area contributed by atoms with Gasteiger partial charge in [0.05, 0.1) is 0 Å². The number of aryl methyl sites for hydroxylation is 1. The van der Waals surface area contributed by atoms with Crippen LogP contribution in [-0.2, 0) is 4.79 Å². The van der Waals surface area contributed by atoms with Crippen molar-refractivity contribution in [3.05, 3.63) is 11.8 Å². The zero-order valence-electron chi connectivity index (χ0n) is 10.9. The summed E-state index contributed by atoms with van der Waals surface area (Å²) in [6.45, 7) is 6.62. The molecule has 1 fully saturated rings. The molecule has 0 bridgehead atoms. The quantitative estimate of drug-likeness (QED) is 0.717. The molecule has 1 atom stereocenters. The van der Waals surface area contributed by atoms with Crippen molar-refractivity contribution in [2.75, 3.05) is 25.0 Å². The van der Waals surface area contributed by atoms with Gasteiger partial charge in [-0.15, -0.1) is 0 Å². The summed E-state index contributed by atoms with van der Waals surface area (Å²) in [7, 11) is 0. The van der Waals surface area contributed by atoms with Gasteiger partial charge in [-0.3, -0.25) is 4.79 Å². The van der Waals surface area contributed by atoms with E-state index >= 15 is 0 Å². The second kappa shape index (κ2) is 5.49. The van der Waals surface area contributed by atoms with Gasteiger partial charge in [-0.2, -0.15) is 0 Å². The third-order valence-corrected chi connectivity index (χ3v) is 3.17. The number of hydrogen-bond acceptors (Lipinski definition) is 5. The molecule has 6 nitrogen and oxygen atoms in total. The van der Waals surface area contributed by atoms with E-state index in [1.54, 1.807) is 13.0 Å². The molecule has 6 heteroatoms. The van der Waals surface area contributed by atoms with Crippen LogP contribution in [0.5, 0.6) is 0 Å². The van der Waals surface area contributed by atoms with Gasteiger partial charge in [-0.05, 0) is 26.8 Å². The maximum Gasteiger partial charge on any atom is 0.226 e. The van der Waals surface area contributed by atoms with Crippen LogP contribution in [0.1, 0.15) is 25.5 Å². The maximum absolute atomic E-state index is 11.7. The van der Waals surface area contributed by atoms with E-state index in [4.69, 9.17) is 4.52 Å². The summed E-state index contributed by atoms with van der Waals surface area (Å²) >= 11 is 0. The number of carbonyl (C=O) groups excluding carboxylic acids is 1. The molecule has 1 unspecified atom stereocenters. The molecule has 1 amide bonds. The molecule has 1 saturated heterocycles. The van der Waals surface area contributed by atoms with Crippen molar-refractivity contribution in [2.24, 2.45) is 0 Å². The Morgan fingerprint density at radius 3 is 3.11 bits per heavy atom. The van der Waals surface area contributed by atoms with Gasteiger partial charge in [0, 0.05) is 31.1 Å². The van der Waals surface area contributed by atoms with Gasteiger partial charge in [0.2, 0.25) is 5.91 Å². The summed E-state index contributed by atoms with van der Waals surface area (Å²) in [6, 6.07) is 1.70. The lowest BCUT2D eigenvalue weighted by molar-refractivity contribution is -0.116. The molecular formula is C12H20N4O2. The van der Waals surface area contributed by atoms with E-state index in [0.717, 1.165) is 19.5 Å². The van der Waals surface area contributed by atoms with Crippen molar-refractivity contribution in [1.82, 2.24) is 15.8 Å². The van der Waals surface area contributed by atoms with Crippen molar-refractivity contribution < 1.29 is 9.32 Å². The summed E-state index contributed by atoms with van der Waals surface area (Å²) in [6.07, 6.45) is 1.53. The fourth-order valence-corrected chi connectivity index (χ4v) is 2.08. The molecule has 0 spiro atoms. The zero-order valence-corrected chi connectivity index (χ0v) is 10.9. The molecule has 2 heterocycles. The van der Waals surface area contributed by atoms with E-state index in [1.165, 1.54) is 0 Å². The Balaban J connectivity index is 1.69. The highest BCUT2D eigenvalue weighted by atomic mass is 16.5. The molecule has 100 valence electrons. The second-order valence-electron chi connectivity index (χ2n) is 5.04. The largest absolute Gasteiger partial charge is 0.360 e. The standard InChI is InChI=1S/C12H20N4O2/c1-9-7-10(16-18-9)15-11(17)3-5-14-12(2)4-6-13-8-12/h7,13-14H,3-6,8H2,1-2H3,(H,15,16,17). The molecule has 1 aliphatic rings. The van der Waals surface area contributed by atoms with Gasteiger partial charge in [-0.1, -0.05) is 5.16 Å². The van der Waals surface area contributed by atoms with Crippen molar-refractivity contribution in [3.63, 3.8) is 0 Å². The minimum atomic E-state index is -0.0506. The molecule has 3 N–H and O–H groups in total. The van der Waals surface area contributed by atoms with Gasteiger partial charge in [-0.25, -0.2) is 0 Å².